The molecule has 0 amide bonds. The Kier molecular flexibility index (Phi) is 5.49. The molecule has 112 valence electrons. The van der Waals surface area contributed by atoms with Crippen molar-refractivity contribution in [2.45, 2.75) is 26.7 Å². The fourth-order valence-electron chi connectivity index (χ4n) is 2.01. The van der Waals surface area contributed by atoms with E-state index in [0.717, 1.165) is 19.4 Å². The lowest BCUT2D eigenvalue weighted by Gasteiger charge is -2.09. The van der Waals surface area contributed by atoms with E-state index in [0.29, 0.717) is 12.5 Å². The molecule has 1 heterocycles. The lowest BCUT2D eigenvalue weighted by atomic mass is 10.1. The second-order valence-corrected chi connectivity index (χ2v) is 4.98. The van der Waals surface area contributed by atoms with Crippen molar-refractivity contribution in [2.75, 3.05) is 23.7 Å². The Labute approximate surface area is 124 Å². The highest BCUT2D eigenvalue weighted by Gasteiger charge is 2.06. The van der Waals surface area contributed by atoms with Crippen LogP contribution in [0.4, 0.5) is 16.2 Å². The van der Waals surface area contributed by atoms with Crippen molar-refractivity contribution in [1.29, 1.82) is 0 Å². The summed E-state index contributed by atoms with van der Waals surface area (Å²) in [7, 11) is 0. The molecule has 0 aliphatic carbocycles. The van der Waals surface area contributed by atoms with Crippen LogP contribution in [0, 0.1) is 12.7 Å². The molecule has 0 saturated heterocycles. The van der Waals surface area contributed by atoms with E-state index in [1.165, 1.54) is 17.3 Å². The van der Waals surface area contributed by atoms with E-state index in [2.05, 4.69) is 52.6 Å². The zero-order valence-corrected chi connectivity index (χ0v) is 12.5. The van der Waals surface area contributed by atoms with Gasteiger partial charge in [-0.25, -0.2) is 9.37 Å². The van der Waals surface area contributed by atoms with Crippen LogP contribution in [0.2, 0.25) is 0 Å². The fourth-order valence-corrected chi connectivity index (χ4v) is 2.01. The number of nitrogens with zero attached hydrogens (tertiary/aromatic N) is 2. The lowest BCUT2D eigenvalue weighted by Crippen LogP contribution is -2.11. The summed E-state index contributed by atoms with van der Waals surface area (Å²) in [6.45, 7) is 5.52. The standard InChI is InChI=1S/C16H21FN4/c1-3-8-19-16-20-11-14(17)15(21-16)18-9-7-13-6-4-5-12(2)10-13/h4-6,10-11H,3,7-9H2,1-2H3,(H2,18,19,20,21). The van der Waals surface area contributed by atoms with Gasteiger partial charge in [0.1, 0.15) is 0 Å². The quantitative estimate of drug-likeness (QED) is 0.820. The van der Waals surface area contributed by atoms with E-state index in [1.54, 1.807) is 0 Å². The minimum absolute atomic E-state index is 0.247. The Morgan fingerprint density at radius 1 is 1.19 bits per heavy atom. The molecular weight excluding hydrogens is 267 g/mol. The van der Waals surface area contributed by atoms with Crippen molar-refractivity contribution < 1.29 is 4.39 Å². The average Bonchev–Trinajstić information content (AvgIpc) is 2.48. The van der Waals surface area contributed by atoms with Gasteiger partial charge in [0.15, 0.2) is 11.6 Å². The van der Waals surface area contributed by atoms with Gasteiger partial charge in [-0.1, -0.05) is 36.8 Å². The van der Waals surface area contributed by atoms with Crippen LogP contribution in [0.25, 0.3) is 0 Å². The molecule has 2 rings (SSSR count). The highest BCUT2D eigenvalue weighted by Crippen LogP contribution is 2.12. The predicted octanol–water partition coefficient (Wildman–Crippen LogP) is 3.40. The van der Waals surface area contributed by atoms with Crippen molar-refractivity contribution in [1.82, 2.24) is 9.97 Å². The molecule has 0 aliphatic rings. The third-order valence-electron chi connectivity index (χ3n) is 3.07. The number of hydrogen-bond donors (Lipinski definition) is 2. The van der Waals surface area contributed by atoms with E-state index in [4.69, 9.17) is 0 Å². The molecule has 0 aliphatic heterocycles. The molecule has 2 aromatic rings. The Morgan fingerprint density at radius 2 is 2.05 bits per heavy atom. The summed E-state index contributed by atoms with van der Waals surface area (Å²) in [6.07, 6.45) is 2.99. The van der Waals surface area contributed by atoms with E-state index in [-0.39, 0.29) is 5.82 Å². The zero-order valence-electron chi connectivity index (χ0n) is 12.5. The molecule has 4 nitrogen and oxygen atoms in total. The van der Waals surface area contributed by atoms with Crippen LogP contribution in [0.5, 0.6) is 0 Å². The van der Waals surface area contributed by atoms with E-state index in [1.807, 2.05) is 6.07 Å². The van der Waals surface area contributed by atoms with Crippen molar-refractivity contribution in [2.24, 2.45) is 0 Å². The van der Waals surface area contributed by atoms with Crippen LogP contribution in [-0.2, 0) is 6.42 Å². The van der Waals surface area contributed by atoms with Crippen LogP contribution in [0.3, 0.4) is 0 Å². The number of anilines is 2. The maximum Gasteiger partial charge on any atom is 0.224 e. The van der Waals surface area contributed by atoms with E-state index in [9.17, 15) is 4.39 Å². The van der Waals surface area contributed by atoms with Gasteiger partial charge in [0.25, 0.3) is 0 Å². The highest BCUT2D eigenvalue weighted by molar-refractivity contribution is 5.41. The first-order valence-electron chi connectivity index (χ1n) is 7.25. The number of aromatic nitrogens is 2. The van der Waals surface area contributed by atoms with Crippen LogP contribution in [0.1, 0.15) is 24.5 Å². The first-order chi connectivity index (χ1) is 10.2. The molecule has 1 aromatic heterocycles. The second kappa shape index (κ2) is 7.57. The molecule has 0 fully saturated rings. The minimum atomic E-state index is -0.429. The Hall–Kier alpha value is -2.17. The Balaban J connectivity index is 1.92. The van der Waals surface area contributed by atoms with Crippen molar-refractivity contribution >= 4 is 11.8 Å². The molecule has 1 aromatic carbocycles. The number of halogens is 1. The van der Waals surface area contributed by atoms with Crippen LogP contribution >= 0.6 is 0 Å². The second-order valence-electron chi connectivity index (χ2n) is 4.98. The first-order valence-corrected chi connectivity index (χ1v) is 7.25. The van der Waals surface area contributed by atoms with Crippen LogP contribution in [-0.4, -0.2) is 23.1 Å². The SMILES string of the molecule is CCCNc1ncc(F)c(NCCc2cccc(C)c2)n1. The molecule has 0 radical (unpaired) electrons. The summed E-state index contributed by atoms with van der Waals surface area (Å²) >= 11 is 0. The lowest BCUT2D eigenvalue weighted by molar-refractivity contribution is 0.617. The molecular formula is C16H21FN4. The topological polar surface area (TPSA) is 49.8 Å². The molecule has 0 unspecified atom stereocenters. The number of aryl methyl sites for hydroxylation is 1. The average molecular weight is 288 g/mol. The smallest absolute Gasteiger partial charge is 0.224 e. The molecule has 2 N–H and O–H groups in total. The van der Waals surface area contributed by atoms with Crippen LogP contribution in [0.15, 0.2) is 30.5 Å². The number of benzene rings is 1. The normalized spacial score (nSPS) is 10.4. The number of hydrogen-bond acceptors (Lipinski definition) is 4. The highest BCUT2D eigenvalue weighted by atomic mass is 19.1. The van der Waals surface area contributed by atoms with Crippen molar-refractivity contribution in [3.8, 4) is 0 Å². The van der Waals surface area contributed by atoms with Gasteiger partial charge in [-0.2, -0.15) is 4.98 Å². The molecule has 0 spiro atoms. The minimum Gasteiger partial charge on any atom is -0.367 e. The summed E-state index contributed by atoms with van der Waals surface area (Å²) in [5, 5.41) is 6.08. The van der Waals surface area contributed by atoms with Crippen molar-refractivity contribution in [3.63, 3.8) is 0 Å². The summed E-state index contributed by atoms with van der Waals surface area (Å²) in [6, 6.07) is 8.29. The molecule has 0 saturated carbocycles. The molecule has 0 atom stereocenters. The monoisotopic (exact) mass is 288 g/mol. The largest absolute Gasteiger partial charge is 0.367 e. The Bertz CT molecular complexity index is 586. The van der Waals surface area contributed by atoms with Crippen LogP contribution < -0.4 is 10.6 Å². The third kappa shape index (κ3) is 4.70. The predicted molar refractivity (Wildman–Crippen MR) is 84.1 cm³/mol. The van der Waals surface area contributed by atoms with E-state index >= 15 is 0 Å². The van der Waals surface area contributed by atoms with Gasteiger partial charge >= 0.3 is 0 Å². The molecule has 21 heavy (non-hydrogen) atoms. The number of nitrogens with one attached hydrogen (secondary N) is 2. The van der Waals surface area contributed by atoms with Gasteiger partial charge in [0.2, 0.25) is 5.95 Å². The zero-order chi connectivity index (χ0) is 15.1. The van der Waals surface area contributed by atoms with Gasteiger partial charge in [0, 0.05) is 13.1 Å². The van der Waals surface area contributed by atoms with Crippen molar-refractivity contribution in [3.05, 3.63) is 47.4 Å². The van der Waals surface area contributed by atoms with Gasteiger partial charge in [-0.05, 0) is 25.3 Å². The van der Waals surface area contributed by atoms with Gasteiger partial charge < -0.3 is 10.6 Å². The van der Waals surface area contributed by atoms with Gasteiger partial charge in [-0.3, -0.25) is 0 Å². The molecule has 0 bridgehead atoms. The Morgan fingerprint density at radius 3 is 2.81 bits per heavy atom. The summed E-state index contributed by atoms with van der Waals surface area (Å²) in [5.74, 6) is 0.272. The summed E-state index contributed by atoms with van der Waals surface area (Å²) in [5.41, 5.74) is 2.45. The summed E-state index contributed by atoms with van der Waals surface area (Å²) in [4.78, 5) is 8.07. The van der Waals surface area contributed by atoms with E-state index < -0.39 is 5.82 Å². The van der Waals surface area contributed by atoms with Gasteiger partial charge in [0.05, 0.1) is 6.20 Å². The summed E-state index contributed by atoms with van der Waals surface area (Å²) < 4.78 is 13.7. The maximum absolute atomic E-state index is 13.7. The number of rotatable bonds is 7. The molecule has 5 heteroatoms. The van der Waals surface area contributed by atoms with Gasteiger partial charge in [-0.15, -0.1) is 0 Å². The maximum atomic E-state index is 13.7. The fraction of sp³-hybridized carbons (Fsp3) is 0.375. The third-order valence-corrected chi connectivity index (χ3v) is 3.07. The first kappa shape index (κ1) is 15.2.